The summed E-state index contributed by atoms with van der Waals surface area (Å²) in [5.41, 5.74) is 0.631. The van der Waals surface area contributed by atoms with Gasteiger partial charge in [-0.25, -0.2) is 4.98 Å². The minimum atomic E-state index is -0.00967. The molecular weight excluding hydrogens is 280 g/mol. The van der Waals surface area contributed by atoms with E-state index in [-0.39, 0.29) is 5.91 Å². The second kappa shape index (κ2) is 5.63. The van der Waals surface area contributed by atoms with E-state index in [1.807, 2.05) is 0 Å². The molecule has 1 fully saturated rings. The monoisotopic (exact) mass is 296 g/mol. The number of carbonyl (C=O) groups is 1. The first kappa shape index (κ1) is 12.6. The summed E-state index contributed by atoms with van der Waals surface area (Å²) >= 11 is 3.26. The lowest BCUT2D eigenvalue weighted by Crippen LogP contribution is -2.37. The molecule has 1 N–H and O–H groups in total. The van der Waals surface area contributed by atoms with Crippen LogP contribution < -0.4 is 5.32 Å². The van der Waals surface area contributed by atoms with E-state index >= 15 is 0 Å². The van der Waals surface area contributed by atoms with Crippen molar-refractivity contribution in [2.75, 3.05) is 0 Å². The van der Waals surface area contributed by atoms with Gasteiger partial charge in [0.05, 0.1) is 5.56 Å². The van der Waals surface area contributed by atoms with E-state index in [4.69, 9.17) is 0 Å². The molecule has 1 heterocycles. The van der Waals surface area contributed by atoms with Crippen LogP contribution in [-0.2, 0) is 0 Å². The summed E-state index contributed by atoms with van der Waals surface area (Å²) in [5, 5.41) is 3.08. The molecule has 2 rings (SSSR count). The highest BCUT2D eigenvalue weighted by Gasteiger charge is 2.20. The molecule has 0 aliphatic heterocycles. The topological polar surface area (TPSA) is 42.0 Å². The van der Waals surface area contributed by atoms with Gasteiger partial charge in [-0.15, -0.1) is 0 Å². The highest BCUT2D eigenvalue weighted by atomic mass is 79.9. The largest absolute Gasteiger partial charge is 0.349 e. The van der Waals surface area contributed by atoms with Crippen LogP contribution in [0.15, 0.2) is 22.9 Å². The normalized spacial score (nSPS) is 24.4. The lowest BCUT2D eigenvalue weighted by Gasteiger charge is -2.26. The van der Waals surface area contributed by atoms with E-state index in [9.17, 15) is 4.79 Å². The van der Waals surface area contributed by atoms with Gasteiger partial charge in [0.2, 0.25) is 0 Å². The highest BCUT2D eigenvalue weighted by molar-refractivity contribution is 9.10. The van der Waals surface area contributed by atoms with Gasteiger partial charge in [-0.3, -0.25) is 4.79 Å². The van der Waals surface area contributed by atoms with Gasteiger partial charge in [0.1, 0.15) is 4.60 Å². The fourth-order valence-electron chi connectivity index (χ4n) is 2.18. The van der Waals surface area contributed by atoms with Crippen molar-refractivity contribution in [2.24, 2.45) is 5.92 Å². The zero-order valence-corrected chi connectivity index (χ0v) is 11.5. The molecule has 0 bridgehead atoms. The minimum Gasteiger partial charge on any atom is -0.349 e. The molecule has 3 nitrogen and oxygen atoms in total. The molecule has 0 aromatic carbocycles. The number of nitrogens with zero attached hydrogens (tertiary/aromatic N) is 1. The van der Waals surface area contributed by atoms with Crippen molar-refractivity contribution in [3.05, 3.63) is 28.5 Å². The van der Waals surface area contributed by atoms with E-state index in [1.54, 1.807) is 18.3 Å². The zero-order valence-electron chi connectivity index (χ0n) is 9.95. The zero-order chi connectivity index (χ0) is 12.3. The minimum absolute atomic E-state index is 0.00967. The summed E-state index contributed by atoms with van der Waals surface area (Å²) in [7, 11) is 0. The Morgan fingerprint density at radius 3 is 2.65 bits per heavy atom. The number of amides is 1. The maximum absolute atomic E-state index is 11.9. The lowest BCUT2D eigenvalue weighted by atomic mass is 9.87. The number of pyridine rings is 1. The SMILES string of the molecule is CC1CCC(NC(=O)c2ccc(Br)nc2)CC1. The first-order valence-corrected chi connectivity index (χ1v) is 6.87. The summed E-state index contributed by atoms with van der Waals surface area (Å²) in [6, 6.07) is 3.91. The van der Waals surface area contributed by atoms with Crippen molar-refractivity contribution in [3.8, 4) is 0 Å². The third-order valence-electron chi connectivity index (χ3n) is 3.34. The predicted molar refractivity (Wildman–Crippen MR) is 70.8 cm³/mol. The first-order chi connectivity index (χ1) is 8.15. The van der Waals surface area contributed by atoms with Gasteiger partial charge >= 0.3 is 0 Å². The van der Waals surface area contributed by atoms with Crippen LogP contribution in [0, 0.1) is 5.92 Å². The summed E-state index contributed by atoms with van der Waals surface area (Å²) < 4.78 is 0.751. The van der Waals surface area contributed by atoms with Crippen molar-refractivity contribution in [1.82, 2.24) is 10.3 Å². The molecule has 0 unspecified atom stereocenters. The summed E-state index contributed by atoms with van der Waals surface area (Å²) in [5.74, 6) is 0.794. The van der Waals surface area contributed by atoms with Crippen LogP contribution in [0.2, 0.25) is 0 Å². The highest BCUT2D eigenvalue weighted by Crippen LogP contribution is 2.23. The number of rotatable bonds is 2. The van der Waals surface area contributed by atoms with Crippen molar-refractivity contribution in [1.29, 1.82) is 0 Å². The van der Waals surface area contributed by atoms with Crippen LogP contribution in [0.1, 0.15) is 43.0 Å². The Kier molecular flexibility index (Phi) is 4.15. The quantitative estimate of drug-likeness (QED) is 0.852. The Morgan fingerprint density at radius 2 is 2.06 bits per heavy atom. The van der Waals surface area contributed by atoms with Crippen LogP contribution in [-0.4, -0.2) is 16.9 Å². The summed E-state index contributed by atoms with van der Waals surface area (Å²) in [6.07, 6.45) is 6.21. The molecule has 0 atom stereocenters. The van der Waals surface area contributed by atoms with Gasteiger partial charge in [-0.2, -0.15) is 0 Å². The number of hydrogen-bond donors (Lipinski definition) is 1. The Labute approximate surface area is 110 Å². The van der Waals surface area contributed by atoms with E-state index in [0.29, 0.717) is 11.6 Å². The standard InChI is InChI=1S/C13H17BrN2O/c1-9-2-5-11(6-3-9)16-13(17)10-4-7-12(14)15-8-10/h4,7-9,11H,2-3,5-6H2,1H3,(H,16,17). The van der Waals surface area contributed by atoms with E-state index < -0.39 is 0 Å². The Balaban J connectivity index is 1.91. The second-order valence-corrected chi connectivity index (χ2v) is 5.61. The van der Waals surface area contributed by atoms with E-state index in [2.05, 4.69) is 33.2 Å². The number of halogens is 1. The molecule has 1 amide bonds. The Bertz CT molecular complexity index is 383. The van der Waals surface area contributed by atoms with Crippen LogP contribution in [0.5, 0.6) is 0 Å². The van der Waals surface area contributed by atoms with Gasteiger partial charge in [-0.05, 0) is 59.7 Å². The van der Waals surface area contributed by atoms with E-state index in [1.165, 1.54) is 12.8 Å². The fourth-order valence-corrected chi connectivity index (χ4v) is 2.42. The van der Waals surface area contributed by atoms with Crippen molar-refractivity contribution in [2.45, 2.75) is 38.6 Å². The number of carbonyl (C=O) groups excluding carboxylic acids is 1. The van der Waals surface area contributed by atoms with Gasteiger partial charge in [0.25, 0.3) is 5.91 Å². The molecule has 1 saturated carbocycles. The van der Waals surface area contributed by atoms with Crippen molar-refractivity contribution in [3.63, 3.8) is 0 Å². The van der Waals surface area contributed by atoms with Gasteiger partial charge in [0, 0.05) is 12.2 Å². The molecule has 0 saturated heterocycles. The first-order valence-electron chi connectivity index (χ1n) is 6.07. The molecule has 1 aliphatic carbocycles. The Hall–Kier alpha value is -0.900. The molecule has 0 spiro atoms. The van der Waals surface area contributed by atoms with Crippen LogP contribution in [0.4, 0.5) is 0 Å². The summed E-state index contributed by atoms with van der Waals surface area (Å²) in [4.78, 5) is 16.0. The fraction of sp³-hybridized carbons (Fsp3) is 0.538. The maximum atomic E-state index is 11.9. The molecule has 4 heteroatoms. The molecule has 17 heavy (non-hydrogen) atoms. The van der Waals surface area contributed by atoms with Crippen LogP contribution >= 0.6 is 15.9 Å². The molecule has 92 valence electrons. The lowest BCUT2D eigenvalue weighted by molar-refractivity contribution is 0.0922. The van der Waals surface area contributed by atoms with Gasteiger partial charge in [-0.1, -0.05) is 6.92 Å². The Morgan fingerprint density at radius 1 is 1.35 bits per heavy atom. The number of nitrogens with one attached hydrogen (secondary N) is 1. The van der Waals surface area contributed by atoms with Gasteiger partial charge < -0.3 is 5.32 Å². The van der Waals surface area contributed by atoms with Crippen molar-refractivity contribution >= 4 is 21.8 Å². The molecule has 0 radical (unpaired) electrons. The number of aromatic nitrogens is 1. The van der Waals surface area contributed by atoms with Crippen LogP contribution in [0.3, 0.4) is 0 Å². The second-order valence-electron chi connectivity index (χ2n) is 4.80. The molecule has 1 aromatic heterocycles. The average molecular weight is 297 g/mol. The van der Waals surface area contributed by atoms with Crippen LogP contribution in [0.25, 0.3) is 0 Å². The predicted octanol–water partition coefficient (Wildman–Crippen LogP) is 3.15. The molecular formula is C13H17BrN2O. The third-order valence-corrected chi connectivity index (χ3v) is 3.81. The number of hydrogen-bond acceptors (Lipinski definition) is 2. The third kappa shape index (κ3) is 3.53. The maximum Gasteiger partial charge on any atom is 0.253 e. The van der Waals surface area contributed by atoms with Crippen molar-refractivity contribution < 1.29 is 4.79 Å². The molecule has 1 aliphatic rings. The van der Waals surface area contributed by atoms with Gasteiger partial charge in [0.15, 0.2) is 0 Å². The smallest absolute Gasteiger partial charge is 0.253 e. The summed E-state index contributed by atoms with van der Waals surface area (Å²) in [6.45, 7) is 2.27. The average Bonchev–Trinajstić information content (AvgIpc) is 2.33. The molecule has 1 aromatic rings. The van der Waals surface area contributed by atoms with E-state index in [0.717, 1.165) is 23.4 Å².